The molecule has 0 atom stereocenters. The Morgan fingerprint density at radius 2 is 1.90 bits per heavy atom. The number of nitrogens with zero attached hydrogens (tertiary/aromatic N) is 4. The van der Waals surface area contributed by atoms with Crippen molar-refractivity contribution in [3.05, 3.63) is 11.6 Å². The van der Waals surface area contributed by atoms with Gasteiger partial charge in [0.2, 0.25) is 5.82 Å². The highest BCUT2D eigenvalue weighted by Gasteiger charge is 2.32. The van der Waals surface area contributed by atoms with E-state index in [0.717, 1.165) is 44.6 Å². The maximum atomic E-state index is 12.8. The molecule has 1 aromatic heterocycles. The molecular formula is C15H25N5O. The van der Waals surface area contributed by atoms with Crippen molar-refractivity contribution < 1.29 is 4.79 Å². The van der Waals surface area contributed by atoms with Crippen LogP contribution in [0.15, 0.2) is 0 Å². The Labute approximate surface area is 125 Å². The summed E-state index contributed by atoms with van der Waals surface area (Å²) < 4.78 is 0. The third kappa shape index (κ3) is 3.43. The SMILES string of the molecule is CN(C)CCN(C(=O)c1n[nH]c(C2CC2)n1)C1CCCC1. The molecule has 1 N–H and O–H groups in total. The number of rotatable bonds is 6. The summed E-state index contributed by atoms with van der Waals surface area (Å²) in [6.45, 7) is 1.63. The molecule has 0 aromatic carbocycles. The first-order chi connectivity index (χ1) is 10.1. The van der Waals surface area contributed by atoms with E-state index in [-0.39, 0.29) is 5.91 Å². The molecule has 3 rings (SSSR count). The van der Waals surface area contributed by atoms with E-state index in [1.807, 2.05) is 19.0 Å². The molecule has 0 aliphatic heterocycles. The van der Waals surface area contributed by atoms with Crippen molar-refractivity contribution in [2.24, 2.45) is 0 Å². The number of likely N-dealkylation sites (N-methyl/N-ethyl adjacent to an activating group) is 1. The van der Waals surface area contributed by atoms with Crippen LogP contribution < -0.4 is 0 Å². The van der Waals surface area contributed by atoms with Crippen LogP contribution in [0.2, 0.25) is 0 Å². The van der Waals surface area contributed by atoms with Crippen LogP contribution >= 0.6 is 0 Å². The number of carbonyl (C=O) groups is 1. The van der Waals surface area contributed by atoms with Crippen molar-refractivity contribution in [1.29, 1.82) is 0 Å². The third-order valence-electron chi connectivity index (χ3n) is 4.47. The molecule has 0 radical (unpaired) electrons. The van der Waals surface area contributed by atoms with Gasteiger partial charge in [-0.15, -0.1) is 5.10 Å². The summed E-state index contributed by atoms with van der Waals surface area (Å²) in [5.74, 6) is 1.73. The maximum absolute atomic E-state index is 12.8. The van der Waals surface area contributed by atoms with Crippen molar-refractivity contribution in [3.8, 4) is 0 Å². The second-order valence-corrected chi connectivity index (χ2v) is 6.56. The number of carbonyl (C=O) groups excluding carboxylic acids is 1. The van der Waals surface area contributed by atoms with Crippen LogP contribution in [0.4, 0.5) is 0 Å². The molecule has 6 nitrogen and oxygen atoms in total. The highest BCUT2D eigenvalue weighted by molar-refractivity contribution is 5.90. The number of aromatic nitrogens is 3. The summed E-state index contributed by atoms with van der Waals surface area (Å²) in [4.78, 5) is 21.3. The van der Waals surface area contributed by atoms with Gasteiger partial charge in [0.15, 0.2) is 0 Å². The van der Waals surface area contributed by atoms with E-state index in [2.05, 4.69) is 20.1 Å². The number of amides is 1. The third-order valence-corrected chi connectivity index (χ3v) is 4.47. The van der Waals surface area contributed by atoms with E-state index in [4.69, 9.17) is 0 Å². The molecule has 0 bridgehead atoms. The fourth-order valence-electron chi connectivity index (χ4n) is 3.01. The number of H-pyrrole nitrogens is 1. The number of hydrogen-bond donors (Lipinski definition) is 1. The van der Waals surface area contributed by atoms with Crippen LogP contribution in [0.5, 0.6) is 0 Å². The van der Waals surface area contributed by atoms with Crippen molar-refractivity contribution in [1.82, 2.24) is 25.0 Å². The number of nitrogens with one attached hydrogen (secondary N) is 1. The van der Waals surface area contributed by atoms with Gasteiger partial charge < -0.3 is 9.80 Å². The fourth-order valence-corrected chi connectivity index (χ4v) is 3.01. The standard InChI is InChI=1S/C15H25N5O/c1-19(2)9-10-20(12-5-3-4-6-12)15(21)14-16-13(17-18-14)11-7-8-11/h11-12H,3-10H2,1-2H3,(H,16,17,18). The zero-order valence-corrected chi connectivity index (χ0v) is 13.0. The summed E-state index contributed by atoms with van der Waals surface area (Å²) in [6, 6.07) is 0.361. The average Bonchev–Trinajstić information content (AvgIpc) is 2.98. The Hall–Kier alpha value is -1.43. The van der Waals surface area contributed by atoms with Gasteiger partial charge >= 0.3 is 0 Å². The van der Waals surface area contributed by atoms with Crippen LogP contribution in [-0.2, 0) is 0 Å². The first kappa shape index (κ1) is 14.5. The van der Waals surface area contributed by atoms with E-state index < -0.39 is 0 Å². The molecule has 1 heterocycles. The molecule has 21 heavy (non-hydrogen) atoms. The van der Waals surface area contributed by atoms with Crippen LogP contribution in [0.3, 0.4) is 0 Å². The highest BCUT2D eigenvalue weighted by Crippen LogP contribution is 2.37. The van der Waals surface area contributed by atoms with Crippen LogP contribution in [0, 0.1) is 0 Å². The van der Waals surface area contributed by atoms with Gasteiger partial charge in [-0.1, -0.05) is 12.8 Å². The van der Waals surface area contributed by atoms with Crippen LogP contribution in [0.25, 0.3) is 0 Å². The van der Waals surface area contributed by atoms with Crippen LogP contribution in [0.1, 0.15) is 60.9 Å². The van der Waals surface area contributed by atoms with E-state index in [1.54, 1.807) is 0 Å². The molecule has 116 valence electrons. The lowest BCUT2D eigenvalue weighted by Gasteiger charge is -2.29. The van der Waals surface area contributed by atoms with Gasteiger partial charge in [-0.2, -0.15) is 0 Å². The van der Waals surface area contributed by atoms with Crippen molar-refractivity contribution in [2.75, 3.05) is 27.2 Å². The van der Waals surface area contributed by atoms with Crippen molar-refractivity contribution >= 4 is 5.91 Å². The molecular weight excluding hydrogens is 266 g/mol. The average molecular weight is 291 g/mol. The Kier molecular flexibility index (Phi) is 4.24. The Balaban J connectivity index is 1.71. The van der Waals surface area contributed by atoms with Gasteiger partial charge in [-0.25, -0.2) is 4.98 Å². The van der Waals surface area contributed by atoms with Gasteiger partial charge in [0.05, 0.1) is 0 Å². The second-order valence-electron chi connectivity index (χ2n) is 6.56. The highest BCUT2D eigenvalue weighted by atomic mass is 16.2. The van der Waals surface area contributed by atoms with Crippen LogP contribution in [-0.4, -0.2) is 64.1 Å². The predicted molar refractivity (Wildman–Crippen MR) is 80.2 cm³/mol. The van der Waals surface area contributed by atoms with Gasteiger partial charge in [0.25, 0.3) is 5.91 Å². The lowest BCUT2D eigenvalue weighted by Crippen LogP contribution is -2.43. The molecule has 2 aliphatic carbocycles. The molecule has 1 amide bonds. The topological polar surface area (TPSA) is 65.1 Å². The molecule has 1 aromatic rings. The molecule has 2 fully saturated rings. The largest absolute Gasteiger partial charge is 0.332 e. The monoisotopic (exact) mass is 291 g/mol. The molecule has 0 unspecified atom stereocenters. The quantitative estimate of drug-likeness (QED) is 0.865. The lowest BCUT2D eigenvalue weighted by atomic mass is 10.2. The van der Waals surface area contributed by atoms with Gasteiger partial charge in [0, 0.05) is 25.0 Å². The molecule has 0 saturated heterocycles. The Morgan fingerprint density at radius 1 is 1.19 bits per heavy atom. The van der Waals surface area contributed by atoms with Crippen molar-refractivity contribution in [2.45, 2.75) is 50.5 Å². The van der Waals surface area contributed by atoms with E-state index in [1.165, 1.54) is 12.8 Å². The number of aromatic amines is 1. The van der Waals surface area contributed by atoms with E-state index in [0.29, 0.717) is 17.8 Å². The maximum Gasteiger partial charge on any atom is 0.293 e. The molecule has 0 spiro atoms. The van der Waals surface area contributed by atoms with Gasteiger partial charge in [0.1, 0.15) is 5.82 Å². The summed E-state index contributed by atoms with van der Waals surface area (Å²) in [6.07, 6.45) is 6.99. The Bertz CT molecular complexity index is 488. The number of hydrogen-bond acceptors (Lipinski definition) is 4. The van der Waals surface area contributed by atoms with Gasteiger partial charge in [-0.3, -0.25) is 9.89 Å². The molecule has 2 saturated carbocycles. The van der Waals surface area contributed by atoms with E-state index in [9.17, 15) is 4.79 Å². The lowest BCUT2D eigenvalue weighted by molar-refractivity contribution is 0.0655. The first-order valence-electron chi connectivity index (χ1n) is 8.03. The minimum Gasteiger partial charge on any atom is -0.332 e. The minimum atomic E-state index is -0.00750. The Morgan fingerprint density at radius 3 is 2.52 bits per heavy atom. The normalized spacial score (nSPS) is 19.4. The smallest absolute Gasteiger partial charge is 0.293 e. The predicted octanol–water partition coefficient (Wildman–Crippen LogP) is 1.63. The summed E-state index contributed by atoms with van der Waals surface area (Å²) >= 11 is 0. The zero-order valence-electron chi connectivity index (χ0n) is 13.0. The minimum absolute atomic E-state index is 0.00750. The molecule has 2 aliphatic rings. The fraction of sp³-hybridized carbons (Fsp3) is 0.800. The summed E-state index contributed by atoms with van der Waals surface area (Å²) in [5, 5.41) is 7.10. The van der Waals surface area contributed by atoms with E-state index >= 15 is 0 Å². The first-order valence-corrected chi connectivity index (χ1v) is 8.03. The second kappa shape index (κ2) is 6.13. The summed E-state index contributed by atoms with van der Waals surface area (Å²) in [5.41, 5.74) is 0. The van der Waals surface area contributed by atoms with Gasteiger partial charge in [-0.05, 0) is 39.8 Å². The zero-order chi connectivity index (χ0) is 14.8. The van der Waals surface area contributed by atoms with Crippen molar-refractivity contribution in [3.63, 3.8) is 0 Å². The summed E-state index contributed by atoms with van der Waals surface area (Å²) in [7, 11) is 4.07. The molecule has 6 heteroatoms.